The van der Waals surface area contributed by atoms with E-state index in [-0.39, 0.29) is 17.1 Å². The number of benzene rings is 1. The Morgan fingerprint density at radius 2 is 1.90 bits per heavy atom. The number of halogens is 1. The number of hydrogen-bond donors (Lipinski definition) is 1. The molecule has 2 aliphatic heterocycles. The smallest absolute Gasteiger partial charge is 0.323 e. The maximum Gasteiger partial charge on any atom is 0.344 e. The van der Waals surface area contributed by atoms with E-state index < -0.39 is 10.0 Å². The van der Waals surface area contributed by atoms with Crippen molar-refractivity contribution in [2.75, 3.05) is 37.2 Å². The number of sulfonamides is 1. The molecule has 31 heavy (non-hydrogen) atoms. The highest BCUT2D eigenvalue weighted by Gasteiger charge is 2.41. The number of likely N-dealkylation sites (tertiary alicyclic amines) is 2. The number of anilines is 1. The van der Waals surface area contributed by atoms with Crippen LogP contribution in [0.25, 0.3) is 0 Å². The summed E-state index contributed by atoms with van der Waals surface area (Å²) in [4.78, 5) is 17.1. The first-order valence-corrected chi connectivity index (χ1v) is 12.7. The number of hydrogen-bond acceptors (Lipinski definition) is 5. The molecule has 2 fully saturated rings. The quantitative estimate of drug-likeness (QED) is 0.749. The van der Waals surface area contributed by atoms with Gasteiger partial charge in [0, 0.05) is 31.2 Å². The Morgan fingerprint density at radius 3 is 2.58 bits per heavy atom. The van der Waals surface area contributed by atoms with Crippen LogP contribution in [0.4, 0.5) is 10.5 Å². The lowest BCUT2D eigenvalue weighted by atomic mass is 9.78. The number of piperidine rings is 1. The van der Waals surface area contributed by atoms with E-state index in [0.29, 0.717) is 13.1 Å². The zero-order valence-corrected chi connectivity index (χ0v) is 19.4. The van der Waals surface area contributed by atoms with Crippen molar-refractivity contribution in [2.45, 2.75) is 32.7 Å². The van der Waals surface area contributed by atoms with E-state index in [1.807, 2.05) is 12.1 Å². The maximum atomic E-state index is 12.8. The van der Waals surface area contributed by atoms with Gasteiger partial charge in [0.2, 0.25) is 10.0 Å². The van der Waals surface area contributed by atoms with Crippen molar-refractivity contribution < 1.29 is 13.2 Å². The summed E-state index contributed by atoms with van der Waals surface area (Å²) >= 11 is 6.21. The molecule has 168 valence electrons. The summed E-state index contributed by atoms with van der Waals surface area (Å²) in [5.74, 6) is 0. The molecule has 1 spiro atoms. The Kier molecular flexibility index (Phi) is 6.02. The van der Waals surface area contributed by atoms with Crippen LogP contribution in [-0.4, -0.2) is 66.5 Å². The van der Waals surface area contributed by atoms with E-state index in [0.717, 1.165) is 50.2 Å². The summed E-state index contributed by atoms with van der Waals surface area (Å²) in [7, 11) is -3.40. The van der Waals surface area contributed by atoms with Gasteiger partial charge in [-0.1, -0.05) is 17.7 Å². The Bertz CT molecular complexity index is 1060. The fourth-order valence-electron chi connectivity index (χ4n) is 4.74. The van der Waals surface area contributed by atoms with E-state index in [1.54, 1.807) is 4.90 Å². The molecule has 0 atom stereocenters. The molecule has 4 rings (SSSR count). The average Bonchev–Trinajstić information content (AvgIpc) is 3.27. The number of nitrogens with zero attached hydrogens (tertiary/aromatic N) is 4. The third-order valence-electron chi connectivity index (χ3n) is 6.20. The Labute approximate surface area is 188 Å². The van der Waals surface area contributed by atoms with Crippen LogP contribution in [-0.2, 0) is 16.6 Å². The highest BCUT2D eigenvalue weighted by atomic mass is 35.5. The second-order valence-electron chi connectivity index (χ2n) is 8.91. The highest BCUT2D eigenvalue weighted by molar-refractivity contribution is 7.92. The van der Waals surface area contributed by atoms with Gasteiger partial charge in [0.25, 0.3) is 0 Å². The van der Waals surface area contributed by atoms with Crippen molar-refractivity contribution in [3.63, 3.8) is 0 Å². The van der Waals surface area contributed by atoms with Gasteiger partial charge in [0.15, 0.2) is 0 Å². The fourth-order valence-corrected chi connectivity index (χ4v) is 5.59. The standard InChI is InChI=1S/C21H28ClN5O3S/c1-16-9-17(11-18(22)10-16)13-25-6-3-21(15-25)4-7-26(8-5-21)20(28)27-14-19(12-23-27)24-31(2,29)30/h9-12,14,24H,3-8,13,15H2,1-2H3. The van der Waals surface area contributed by atoms with Crippen LogP contribution in [0.1, 0.15) is 30.4 Å². The Hall–Kier alpha value is -2.10. The minimum absolute atomic E-state index is 0.222. The number of amides is 1. The van der Waals surface area contributed by atoms with Crippen LogP contribution in [0.15, 0.2) is 30.6 Å². The first kappa shape index (κ1) is 22.1. The van der Waals surface area contributed by atoms with Crippen LogP contribution < -0.4 is 4.72 Å². The molecular formula is C21H28ClN5O3S. The van der Waals surface area contributed by atoms with Gasteiger partial charge in [-0.15, -0.1) is 0 Å². The molecule has 10 heteroatoms. The molecule has 0 saturated carbocycles. The Balaban J connectivity index is 1.32. The SMILES string of the molecule is Cc1cc(Cl)cc(CN2CCC3(CCN(C(=O)n4cc(NS(C)(=O)=O)cn4)CC3)C2)c1. The topological polar surface area (TPSA) is 87.5 Å². The maximum absolute atomic E-state index is 12.8. The van der Waals surface area contributed by atoms with Gasteiger partial charge in [-0.05, 0) is 61.4 Å². The second kappa shape index (κ2) is 8.44. The molecule has 1 N–H and O–H groups in total. The molecule has 8 nitrogen and oxygen atoms in total. The predicted octanol–water partition coefficient (Wildman–Crippen LogP) is 3.17. The summed E-state index contributed by atoms with van der Waals surface area (Å²) in [5, 5.41) is 4.80. The first-order chi connectivity index (χ1) is 14.6. The monoisotopic (exact) mass is 465 g/mol. The highest BCUT2D eigenvalue weighted by Crippen LogP contribution is 2.41. The summed E-state index contributed by atoms with van der Waals surface area (Å²) < 4.78 is 26.2. The van der Waals surface area contributed by atoms with Crippen LogP contribution in [0, 0.1) is 12.3 Å². The summed E-state index contributed by atoms with van der Waals surface area (Å²) in [6.07, 6.45) is 6.88. The van der Waals surface area contributed by atoms with E-state index in [4.69, 9.17) is 11.6 Å². The third-order valence-corrected chi connectivity index (χ3v) is 7.03. The first-order valence-electron chi connectivity index (χ1n) is 10.4. The van der Waals surface area contributed by atoms with Gasteiger partial charge in [0.05, 0.1) is 24.3 Å². The van der Waals surface area contributed by atoms with Crippen LogP contribution in [0.2, 0.25) is 5.02 Å². The van der Waals surface area contributed by atoms with Gasteiger partial charge in [0.1, 0.15) is 0 Å². The van der Waals surface area contributed by atoms with Crippen molar-refractivity contribution in [3.05, 3.63) is 46.7 Å². The fraction of sp³-hybridized carbons (Fsp3) is 0.524. The zero-order valence-electron chi connectivity index (χ0n) is 17.8. The van der Waals surface area contributed by atoms with Gasteiger partial charge in [-0.25, -0.2) is 13.2 Å². The molecule has 0 radical (unpaired) electrons. The number of nitrogens with one attached hydrogen (secondary N) is 1. The van der Waals surface area contributed by atoms with E-state index in [9.17, 15) is 13.2 Å². The molecule has 2 aromatic rings. The molecular weight excluding hydrogens is 438 g/mol. The van der Waals surface area contributed by atoms with E-state index >= 15 is 0 Å². The molecule has 1 aromatic carbocycles. The summed E-state index contributed by atoms with van der Waals surface area (Å²) in [6.45, 7) is 6.40. The third kappa shape index (κ3) is 5.39. The van der Waals surface area contributed by atoms with Crippen LogP contribution in [0.5, 0.6) is 0 Å². The van der Waals surface area contributed by atoms with Gasteiger partial charge < -0.3 is 4.90 Å². The number of aryl methyl sites for hydroxylation is 1. The Morgan fingerprint density at radius 1 is 1.19 bits per heavy atom. The molecule has 3 heterocycles. The van der Waals surface area contributed by atoms with E-state index in [1.165, 1.54) is 28.2 Å². The molecule has 0 bridgehead atoms. The number of rotatable bonds is 4. The number of carbonyl (C=O) groups is 1. The summed E-state index contributed by atoms with van der Waals surface area (Å²) in [6, 6.07) is 5.98. The largest absolute Gasteiger partial charge is 0.344 e. The molecule has 2 saturated heterocycles. The lowest BCUT2D eigenvalue weighted by Crippen LogP contribution is -2.45. The minimum Gasteiger partial charge on any atom is -0.323 e. The minimum atomic E-state index is -3.40. The van der Waals surface area contributed by atoms with E-state index in [2.05, 4.69) is 27.7 Å². The lowest BCUT2D eigenvalue weighted by molar-refractivity contribution is 0.118. The number of aromatic nitrogens is 2. The summed E-state index contributed by atoms with van der Waals surface area (Å²) in [5.41, 5.74) is 2.95. The van der Waals surface area contributed by atoms with Crippen LogP contribution in [0.3, 0.4) is 0 Å². The average molecular weight is 466 g/mol. The second-order valence-corrected chi connectivity index (χ2v) is 11.1. The van der Waals surface area contributed by atoms with Gasteiger partial charge in [-0.2, -0.15) is 9.78 Å². The molecule has 2 aliphatic rings. The number of carbonyl (C=O) groups excluding carboxylic acids is 1. The van der Waals surface area contributed by atoms with Gasteiger partial charge >= 0.3 is 6.03 Å². The van der Waals surface area contributed by atoms with Crippen molar-refractivity contribution in [1.82, 2.24) is 19.6 Å². The molecule has 1 amide bonds. The normalized spacial score (nSPS) is 19.1. The molecule has 0 aliphatic carbocycles. The van der Waals surface area contributed by atoms with Crippen molar-refractivity contribution in [3.8, 4) is 0 Å². The van der Waals surface area contributed by atoms with Gasteiger partial charge in [-0.3, -0.25) is 9.62 Å². The lowest BCUT2D eigenvalue weighted by Gasteiger charge is -2.39. The molecule has 0 unspecified atom stereocenters. The molecule has 1 aromatic heterocycles. The van der Waals surface area contributed by atoms with Crippen LogP contribution >= 0.6 is 11.6 Å². The van der Waals surface area contributed by atoms with Crippen molar-refractivity contribution in [1.29, 1.82) is 0 Å². The van der Waals surface area contributed by atoms with Crippen molar-refractivity contribution >= 4 is 33.3 Å². The zero-order chi connectivity index (χ0) is 22.2. The predicted molar refractivity (Wildman–Crippen MR) is 121 cm³/mol. The van der Waals surface area contributed by atoms with Crippen molar-refractivity contribution in [2.24, 2.45) is 5.41 Å².